The summed E-state index contributed by atoms with van der Waals surface area (Å²) in [6.07, 6.45) is 0.922. The molecule has 0 heterocycles. The molecule has 0 fully saturated rings. The molecular weight excluding hydrogens is 296 g/mol. The van der Waals surface area contributed by atoms with Crippen molar-refractivity contribution in [2.75, 3.05) is 7.05 Å². The Kier molecular flexibility index (Phi) is 6.45. The highest BCUT2D eigenvalue weighted by Gasteiger charge is 2.21. The average Bonchev–Trinajstić information content (AvgIpc) is 2.39. The number of hydrogen-bond acceptors (Lipinski definition) is 3. The average molecular weight is 319 g/mol. The normalized spacial score (nSPS) is 15.1. The second kappa shape index (κ2) is 7.41. The van der Waals surface area contributed by atoms with Crippen molar-refractivity contribution in [3.63, 3.8) is 0 Å². The monoisotopic (exact) mass is 318 g/mol. The third-order valence-corrected chi connectivity index (χ3v) is 5.45. The van der Waals surface area contributed by atoms with Gasteiger partial charge in [0, 0.05) is 17.6 Å². The summed E-state index contributed by atoms with van der Waals surface area (Å²) in [5.74, 6) is 0.281. The lowest BCUT2D eigenvalue weighted by atomic mass is 10.0. The van der Waals surface area contributed by atoms with Crippen LogP contribution in [0.5, 0.6) is 0 Å². The molecule has 2 N–H and O–H groups in total. The SMILES string of the molecule is CCC(C)C(C)NS(=O)(=O)c1ccc(CNC)c(Cl)c1. The number of rotatable bonds is 7. The van der Waals surface area contributed by atoms with E-state index in [1.165, 1.54) is 6.07 Å². The van der Waals surface area contributed by atoms with Crippen LogP contribution in [0.3, 0.4) is 0 Å². The molecule has 1 rings (SSSR count). The van der Waals surface area contributed by atoms with E-state index in [0.717, 1.165) is 12.0 Å². The molecule has 2 unspecified atom stereocenters. The van der Waals surface area contributed by atoms with Crippen molar-refractivity contribution in [1.82, 2.24) is 10.0 Å². The van der Waals surface area contributed by atoms with Crippen molar-refractivity contribution in [1.29, 1.82) is 0 Å². The summed E-state index contributed by atoms with van der Waals surface area (Å²) in [5.41, 5.74) is 0.878. The first kappa shape index (κ1) is 17.4. The minimum Gasteiger partial charge on any atom is -0.316 e. The molecule has 0 bridgehead atoms. The zero-order chi connectivity index (χ0) is 15.3. The Balaban J connectivity index is 2.96. The van der Waals surface area contributed by atoms with Crippen molar-refractivity contribution >= 4 is 21.6 Å². The van der Waals surface area contributed by atoms with Gasteiger partial charge in [-0.15, -0.1) is 0 Å². The highest BCUT2D eigenvalue weighted by atomic mass is 35.5. The van der Waals surface area contributed by atoms with Crippen molar-refractivity contribution in [2.45, 2.75) is 44.7 Å². The van der Waals surface area contributed by atoms with E-state index >= 15 is 0 Å². The largest absolute Gasteiger partial charge is 0.316 e. The fourth-order valence-electron chi connectivity index (χ4n) is 1.81. The van der Waals surface area contributed by atoms with Crippen molar-refractivity contribution in [3.05, 3.63) is 28.8 Å². The zero-order valence-electron chi connectivity index (χ0n) is 12.4. The molecule has 0 radical (unpaired) electrons. The van der Waals surface area contributed by atoms with Crippen LogP contribution in [0.25, 0.3) is 0 Å². The number of benzene rings is 1. The molecule has 0 aliphatic heterocycles. The zero-order valence-corrected chi connectivity index (χ0v) is 14.0. The van der Waals surface area contributed by atoms with Gasteiger partial charge in [-0.1, -0.05) is 37.9 Å². The number of sulfonamides is 1. The molecule has 0 saturated carbocycles. The Bertz CT molecular complexity index is 546. The smallest absolute Gasteiger partial charge is 0.240 e. The third-order valence-electron chi connectivity index (χ3n) is 3.54. The van der Waals surface area contributed by atoms with E-state index in [4.69, 9.17) is 11.6 Å². The second-order valence-corrected chi connectivity index (χ2v) is 7.20. The van der Waals surface area contributed by atoms with E-state index in [1.807, 2.05) is 27.8 Å². The summed E-state index contributed by atoms with van der Waals surface area (Å²) in [7, 11) is -1.71. The lowest BCUT2D eigenvalue weighted by Gasteiger charge is -2.20. The summed E-state index contributed by atoms with van der Waals surface area (Å²) in [6, 6.07) is 4.71. The Morgan fingerprint density at radius 1 is 1.30 bits per heavy atom. The van der Waals surface area contributed by atoms with Crippen LogP contribution < -0.4 is 10.0 Å². The fraction of sp³-hybridized carbons (Fsp3) is 0.571. The lowest BCUT2D eigenvalue weighted by molar-refractivity contribution is 0.434. The molecule has 6 heteroatoms. The predicted molar refractivity (Wildman–Crippen MR) is 83.5 cm³/mol. The Morgan fingerprint density at radius 2 is 1.95 bits per heavy atom. The van der Waals surface area contributed by atoms with Crippen LogP contribution >= 0.6 is 11.6 Å². The number of halogens is 1. The first-order valence-corrected chi connectivity index (χ1v) is 8.63. The van der Waals surface area contributed by atoms with Crippen LogP contribution in [0.4, 0.5) is 0 Å². The van der Waals surface area contributed by atoms with Crippen LogP contribution in [0, 0.1) is 5.92 Å². The van der Waals surface area contributed by atoms with Crippen LogP contribution in [0.2, 0.25) is 5.02 Å². The standard InChI is InChI=1S/C14H23ClN2O2S/c1-5-10(2)11(3)17-20(18,19)13-7-6-12(9-16-4)14(15)8-13/h6-8,10-11,16-17H,5,9H2,1-4H3. The Hall–Kier alpha value is -0.620. The molecule has 0 spiro atoms. The summed E-state index contributed by atoms with van der Waals surface area (Å²) in [6.45, 7) is 6.55. The van der Waals surface area contributed by atoms with E-state index in [2.05, 4.69) is 10.0 Å². The van der Waals surface area contributed by atoms with Gasteiger partial charge in [0.2, 0.25) is 10.0 Å². The molecule has 114 valence electrons. The van der Waals surface area contributed by atoms with Gasteiger partial charge in [0.15, 0.2) is 0 Å². The van der Waals surface area contributed by atoms with E-state index in [9.17, 15) is 8.42 Å². The number of nitrogens with one attached hydrogen (secondary N) is 2. The van der Waals surface area contributed by atoms with Crippen LogP contribution in [-0.2, 0) is 16.6 Å². The van der Waals surface area contributed by atoms with Gasteiger partial charge in [-0.05, 0) is 37.6 Å². The van der Waals surface area contributed by atoms with E-state index in [-0.39, 0.29) is 16.9 Å². The van der Waals surface area contributed by atoms with Gasteiger partial charge >= 0.3 is 0 Å². The minimum atomic E-state index is -3.52. The van der Waals surface area contributed by atoms with E-state index in [0.29, 0.717) is 11.6 Å². The van der Waals surface area contributed by atoms with Crippen molar-refractivity contribution in [2.24, 2.45) is 5.92 Å². The first-order chi connectivity index (χ1) is 9.31. The van der Waals surface area contributed by atoms with Crippen LogP contribution in [0.15, 0.2) is 23.1 Å². The molecule has 0 aliphatic rings. The van der Waals surface area contributed by atoms with Gasteiger partial charge in [0.1, 0.15) is 0 Å². The van der Waals surface area contributed by atoms with Gasteiger partial charge in [-0.25, -0.2) is 13.1 Å². The molecule has 0 amide bonds. The summed E-state index contributed by atoms with van der Waals surface area (Å²) in [5, 5.41) is 3.45. The molecule has 0 aromatic heterocycles. The predicted octanol–water partition coefficient (Wildman–Crippen LogP) is 2.77. The summed E-state index contributed by atoms with van der Waals surface area (Å²) < 4.78 is 27.3. The Morgan fingerprint density at radius 3 is 2.45 bits per heavy atom. The minimum absolute atomic E-state index is 0.110. The summed E-state index contributed by atoms with van der Waals surface area (Å²) in [4.78, 5) is 0.206. The van der Waals surface area contributed by atoms with Gasteiger partial charge in [0.25, 0.3) is 0 Å². The maximum atomic E-state index is 12.3. The summed E-state index contributed by atoms with van der Waals surface area (Å²) >= 11 is 6.11. The number of hydrogen-bond donors (Lipinski definition) is 2. The molecule has 2 atom stereocenters. The van der Waals surface area contributed by atoms with Crippen molar-refractivity contribution in [3.8, 4) is 0 Å². The van der Waals surface area contributed by atoms with Crippen molar-refractivity contribution < 1.29 is 8.42 Å². The maximum Gasteiger partial charge on any atom is 0.240 e. The highest BCUT2D eigenvalue weighted by Crippen LogP contribution is 2.21. The van der Waals surface area contributed by atoms with Gasteiger partial charge < -0.3 is 5.32 Å². The van der Waals surface area contributed by atoms with Crippen LogP contribution in [0.1, 0.15) is 32.8 Å². The molecule has 20 heavy (non-hydrogen) atoms. The van der Waals surface area contributed by atoms with Crippen LogP contribution in [-0.4, -0.2) is 21.5 Å². The molecule has 1 aromatic rings. The molecule has 0 aliphatic carbocycles. The quantitative estimate of drug-likeness (QED) is 0.812. The van der Waals surface area contributed by atoms with Gasteiger partial charge in [-0.2, -0.15) is 0 Å². The lowest BCUT2D eigenvalue weighted by Crippen LogP contribution is -2.36. The van der Waals surface area contributed by atoms with Gasteiger partial charge in [-0.3, -0.25) is 0 Å². The van der Waals surface area contributed by atoms with E-state index < -0.39 is 10.0 Å². The third kappa shape index (κ3) is 4.45. The maximum absolute atomic E-state index is 12.3. The molecular formula is C14H23ClN2O2S. The van der Waals surface area contributed by atoms with E-state index in [1.54, 1.807) is 12.1 Å². The topological polar surface area (TPSA) is 58.2 Å². The molecule has 0 saturated heterocycles. The highest BCUT2D eigenvalue weighted by molar-refractivity contribution is 7.89. The fourth-order valence-corrected chi connectivity index (χ4v) is 3.50. The Labute approximate surface area is 127 Å². The first-order valence-electron chi connectivity index (χ1n) is 6.77. The molecule has 1 aromatic carbocycles. The molecule has 4 nitrogen and oxygen atoms in total. The second-order valence-electron chi connectivity index (χ2n) is 5.08. The van der Waals surface area contributed by atoms with Gasteiger partial charge in [0.05, 0.1) is 4.90 Å².